The van der Waals surface area contributed by atoms with Crippen LogP contribution in [0.5, 0.6) is 0 Å². The van der Waals surface area contributed by atoms with Crippen LogP contribution in [-0.4, -0.2) is 23.7 Å². The number of rotatable bonds is 7. The van der Waals surface area contributed by atoms with Crippen molar-refractivity contribution in [2.75, 3.05) is 11.9 Å². The number of aryl methyl sites for hydroxylation is 1. The molecule has 2 rings (SSSR count). The summed E-state index contributed by atoms with van der Waals surface area (Å²) in [5.74, 6) is -0.311. The summed E-state index contributed by atoms with van der Waals surface area (Å²) in [6.45, 7) is 10.7. The predicted molar refractivity (Wildman–Crippen MR) is 120 cm³/mol. The van der Waals surface area contributed by atoms with Crippen LogP contribution in [0.2, 0.25) is 0 Å². The number of ether oxygens (including phenoxy) is 1. The van der Waals surface area contributed by atoms with E-state index in [0.29, 0.717) is 17.3 Å². The van der Waals surface area contributed by atoms with E-state index in [1.807, 2.05) is 25.1 Å². The van der Waals surface area contributed by atoms with E-state index in [1.165, 1.54) is 5.56 Å². The third-order valence-corrected chi connectivity index (χ3v) is 4.95. The second kappa shape index (κ2) is 9.69. The third kappa shape index (κ3) is 6.06. The Bertz CT molecular complexity index is 819. The zero-order valence-corrected chi connectivity index (χ0v) is 18.2. The van der Waals surface area contributed by atoms with Crippen molar-refractivity contribution in [2.24, 2.45) is 0 Å². The van der Waals surface area contributed by atoms with Crippen LogP contribution in [0.25, 0.3) is 0 Å². The minimum atomic E-state index is -0.311. The minimum Gasteiger partial charge on any atom is -0.462 e. The molecule has 0 aliphatic rings. The number of nitrogens with one attached hydrogen (secondary N) is 2. The number of esters is 1. The molecule has 0 aliphatic carbocycles. The molecular weight excluding hydrogens is 368 g/mol. The van der Waals surface area contributed by atoms with Crippen molar-refractivity contribution in [1.29, 1.82) is 0 Å². The van der Waals surface area contributed by atoms with Gasteiger partial charge in [-0.25, -0.2) is 4.79 Å². The van der Waals surface area contributed by atoms with Crippen LogP contribution in [0.15, 0.2) is 48.5 Å². The third-order valence-electron chi connectivity index (χ3n) is 4.73. The van der Waals surface area contributed by atoms with Crippen molar-refractivity contribution in [2.45, 2.75) is 52.5 Å². The summed E-state index contributed by atoms with van der Waals surface area (Å²) in [5.41, 5.74) is 3.71. The van der Waals surface area contributed by atoms with Crippen LogP contribution in [0.4, 0.5) is 5.69 Å². The molecule has 0 radical (unpaired) electrons. The number of carbonyl (C=O) groups is 1. The first-order valence-corrected chi connectivity index (χ1v) is 10.0. The lowest BCUT2D eigenvalue weighted by atomic mass is 9.79. The Hall–Kier alpha value is -2.40. The van der Waals surface area contributed by atoms with Crippen molar-refractivity contribution in [3.05, 3.63) is 65.2 Å². The molecule has 2 aromatic carbocycles. The molecule has 150 valence electrons. The summed E-state index contributed by atoms with van der Waals surface area (Å²) in [5, 5.41) is 7.17. The van der Waals surface area contributed by atoms with Crippen LogP contribution in [0.1, 0.15) is 55.6 Å². The maximum absolute atomic E-state index is 11.8. The normalized spacial score (nSPS) is 12.2. The molecule has 1 atom stereocenters. The Labute approximate surface area is 173 Å². The quantitative estimate of drug-likeness (QED) is 0.495. The van der Waals surface area contributed by atoms with E-state index in [4.69, 9.17) is 17.0 Å². The number of thiocarbonyl (C=S) groups is 1. The average molecular weight is 399 g/mol. The molecule has 0 aromatic heterocycles. The van der Waals surface area contributed by atoms with E-state index in [2.05, 4.69) is 55.7 Å². The summed E-state index contributed by atoms with van der Waals surface area (Å²) < 4.78 is 5.04. The maximum Gasteiger partial charge on any atom is 0.338 e. The zero-order valence-electron chi connectivity index (χ0n) is 17.3. The lowest BCUT2D eigenvalue weighted by molar-refractivity contribution is 0.0526. The molecule has 1 unspecified atom stereocenters. The van der Waals surface area contributed by atoms with Gasteiger partial charge in [-0.05, 0) is 74.2 Å². The molecule has 2 aromatic rings. The van der Waals surface area contributed by atoms with E-state index in [1.54, 1.807) is 13.0 Å². The van der Waals surface area contributed by atoms with Gasteiger partial charge in [0.15, 0.2) is 5.11 Å². The first kappa shape index (κ1) is 21.9. The monoisotopic (exact) mass is 398 g/mol. The molecule has 0 aliphatic heterocycles. The van der Waals surface area contributed by atoms with Crippen molar-refractivity contribution in [3.63, 3.8) is 0 Å². The van der Waals surface area contributed by atoms with Gasteiger partial charge in [-0.3, -0.25) is 0 Å². The van der Waals surface area contributed by atoms with Gasteiger partial charge in [0, 0.05) is 11.7 Å². The highest BCUT2D eigenvalue weighted by molar-refractivity contribution is 7.80. The van der Waals surface area contributed by atoms with Crippen molar-refractivity contribution < 1.29 is 9.53 Å². The molecule has 4 nitrogen and oxygen atoms in total. The lowest BCUT2D eigenvalue weighted by Crippen LogP contribution is -2.39. The number of hydrogen-bond donors (Lipinski definition) is 2. The van der Waals surface area contributed by atoms with E-state index in [0.717, 1.165) is 17.7 Å². The smallest absolute Gasteiger partial charge is 0.338 e. The molecule has 0 bridgehead atoms. The standard InChI is InChI=1S/C23H30N2O2S/c1-6-27-21(26)18-12-13-20(16(2)14-18)25-22(28)24-17(3)15-23(4,5)19-10-8-7-9-11-19/h7-14,17H,6,15H2,1-5H3,(H2,24,25,28). The molecule has 0 amide bonds. The van der Waals surface area contributed by atoms with Gasteiger partial charge >= 0.3 is 5.97 Å². The summed E-state index contributed by atoms with van der Waals surface area (Å²) in [6, 6.07) is 16.1. The Morgan fingerprint density at radius 3 is 2.46 bits per heavy atom. The Kier molecular flexibility index (Phi) is 7.58. The van der Waals surface area contributed by atoms with Gasteiger partial charge in [-0.1, -0.05) is 44.2 Å². The van der Waals surface area contributed by atoms with Crippen molar-refractivity contribution in [1.82, 2.24) is 5.32 Å². The molecular formula is C23H30N2O2S. The number of hydrogen-bond acceptors (Lipinski definition) is 3. The van der Waals surface area contributed by atoms with Gasteiger partial charge in [-0.2, -0.15) is 0 Å². The van der Waals surface area contributed by atoms with Gasteiger partial charge in [0.25, 0.3) is 0 Å². The van der Waals surface area contributed by atoms with E-state index < -0.39 is 0 Å². The van der Waals surface area contributed by atoms with Gasteiger partial charge in [-0.15, -0.1) is 0 Å². The fourth-order valence-electron chi connectivity index (χ4n) is 3.35. The first-order valence-electron chi connectivity index (χ1n) is 9.63. The van der Waals surface area contributed by atoms with Gasteiger partial charge < -0.3 is 15.4 Å². The van der Waals surface area contributed by atoms with Gasteiger partial charge in [0.2, 0.25) is 0 Å². The van der Waals surface area contributed by atoms with E-state index >= 15 is 0 Å². The zero-order chi connectivity index (χ0) is 20.7. The Balaban J connectivity index is 1.95. The number of carbonyl (C=O) groups excluding carboxylic acids is 1. The molecule has 0 fully saturated rings. The SMILES string of the molecule is CCOC(=O)c1ccc(NC(=S)NC(C)CC(C)(C)c2ccccc2)c(C)c1. The fourth-order valence-corrected chi connectivity index (χ4v) is 3.66. The molecule has 5 heteroatoms. The molecule has 0 saturated heterocycles. The number of benzene rings is 2. The van der Waals surface area contributed by atoms with Crippen LogP contribution in [-0.2, 0) is 10.2 Å². The second-order valence-corrected chi connectivity index (χ2v) is 8.11. The molecule has 0 saturated carbocycles. The molecule has 28 heavy (non-hydrogen) atoms. The maximum atomic E-state index is 11.8. The van der Waals surface area contributed by atoms with E-state index in [-0.39, 0.29) is 17.4 Å². The second-order valence-electron chi connectivity index (χ2n) is 7.70. The lowest BCUT2D eigenvalue weighted by Gasteiger charge is -2.30. The number of anilines is 1. The Morgan fingerprint density at radius 2 is 1.86 bits per heavy atom. The minimum absolute atomic E-state index is 0.0422. The van der Waals surface area contributed by atoms with Gasteiger partial charge in [0.05, 0.1) is 12.2 Å². The topological polar surface area (TPSA) is 50.4 Å². The van der Waals surface area contributed by atoms with Crippen LogP contribution in [0.3, 0.4) is 0 Å². The summed E-state index contributed by atoms with van der Waals surface area (Å²) in [4.78, 5) is 11.8. The van der Waals surface area contributed by atoms with E-state index in [9.17, 15) is 4.79 Å². The average Bonchev–Trinajstić information content (AvgIpc) is 2.63. The van der Waals surface area contributed by atoms with Crippen LogP contribution in [0, 0.1) is 6.92 Å². The molecule has 0 spiro atoms. The van der Waals surface area contributed by atoms with Crippen molar-refractivity contribution >= 4 is 29.0 Å². The largest absolute Gasteiger partial charge is 0.462 e. The highest BCUT2D eigenvalue weighted by atomic mass is 32.1. The van der Waals surface area contributed by atoms with Gasteiger partial charge in [0.1, 0.15) is 0 Å². The van der Waals surface area contributed by atoms with Crippen molar-refractivity contribution in [3.8, 4) is 0 Å². The predicted octanol–water partition coefficient (Wildman–Crippen LogP) is 5.21. The molecule has 0 heterocycles. The fraction of sp³-hybridized carbons (Fsp3) is 0.391. The first-order chi connectivity index (χ1) is 13.2. The molecule has 2 N–H and O–H groups in total. The highest BCUT2D eigenvalue weighted by Crippen LogP contribution is 2.28. The summed E-state index contributed by atoms with van der Waals surface area (Å²) >= 11 is 5.49. The highest BCUT2D eigenvalue weighted by Gasteiger charge is 2.23. The summed E-state index contributed by atoms with van der Waals surface area (Å²) in [7, 11) is 0. The summed E-state index contributed by atoms with van der Waals surface area (Å²) in [6.07, 6.45) is 0.944. The Morgan fingerprint density at radius 1 is 1.18 bits per heavy atom. The van der Waals surface area contributed by atoms with Crippen LogP contribution < -0.4 is 10.6 Å². The van der Waals surface area contributed by atoms with Crippen LogP contribution >= 0.6 is 12.2 Å².